The van der Waals surface area contributed by atoms with Gasteiger partial charge in [0.1, 0.15) is 6.10 Å². The Morgan fingerprint density at radius 1 is 1.40 bits per heavy atom. The molecule has 0 aliphatic heterocycles. The number of aromatic nitrogens is 2. The van der Waals surface area contributed by atoms with E-state index in [4.69, 9.17) is 9.26 Å². The van der Waals surface area contributed by atoms with Crippen molar-refractivity contribution in [2.45, 2.75) is 25.9 Å². The predicted octanol–water partition coefficient (Wildman–Crippen LogP) is 2.64. The van der Waals surface area contributed by atoms with E-state index in [1.54, 1.807) is 12.1 Å². The lowest BCUT2D eigenvalue weighted by molar-refractivity contribution is 0.0385. The number of benzene rings is 1. The van der Waals surface area contributed by atoms with Crippen LogP contribution in [0.3, 0.4) is 0 Å². The molecule has 1 aliphatic carbocycles. The molecular weight excluding hydrogens is 260 g/mol. The standard InChI is InChI=1S/C14H16N2O4/c1-2-19-12(8-6-7-8)13-15-14(20-16-13)9-4-3-5-10(17)11(9)18/h3-5,8,12,17-18H,2,6-7H2,1H3. The lowest BCUT2D eigenvalue weighted by Gasteiger charge is -2.11. The molecule has 2 N–H and O–H groups in total. The van der Waals surface area contributed by atoms with Crippen LogP contribution in [0.2, 0.25) is 0 Å². The van der Waals surface area contributed by atoms with Crippen LogP contribution in [0, 0.1) is 5.92 Å². The summed E-state index contributed by atoms with van der Waals surface area (Å²) < 4.78 is 10.8. The Kier molecular flexibility index (Phi) is 3.31. The Morgan fingerprint density at radius 2 is 2.20 bits per heavy atom. The highest BCUT2D eigenvalue weighted by atomic mass is 16.5. The van der Waals surface area contributed by atoms with E-state index in [9.17, 15) is 10.2 Å². The number of phenolic OH excluding ortho intramolecular Hbond substituents is 2. The van der Waals surface area contributed by atoms with Crippen molar-refractivity contribution in [3.63, 3.8) is 0 Å². The second-order valence-electron chi connectivity index (χ2n) is 4.84. The summed E-state index contributed by atoms with van der Waals surface area (Å²) in [5.74, 6) is 0.636. The predicted molar refractivity (Wildman–Crippen MR) is 70.2 cm³/mol. The van der Waals surface area contributed by atoms with Gasteiger partial charge in [0.2, 0.25) is 5.82 Å². The van der Waals surface area contributed by atoms with E-state index in [0.29, 0.717) is 23.9 Å². The average molecular weight is 276 g/mol. The molecule has 20 heavy (non-hydrogen) atoms. The van der Waals surface area contributed by atoms with Crippen molar-refractivity contribution in [3.05, 3.63) is 24.0 Å². The van der Waals surface area contributed by atoms with Crippen molar-refractivity contribution in [3.8, 4) is 23.0 Å². The molecule has 6 nitrogen and oxygen atoms in total. The first-order valence-electron chi connectivity index (χ1n) is 6.67. The number of rotatable bonds is 5. The number of para-hydroxylation sites is 1. The summed E-state index contributed by atoms with van der Waals surface area (Å²) in [6, 6.07) is 4.61. The van der Waals surface area contributed by atoms with Gasteiger partial charge in [0.15, 0.2) is 11.5 Å². The van der Waals surface area contributed by atoms with E-state index in [0.717, 1.165) is 12.8 Å². The summed E-state index contributed by atoms with van der Waals surface area (Å²) >= 11 is 0. The van der Waals surface area contributed by atoms with Gasteiger partial charge in [0, 0.05) is 6.61 Å². The van der Waals surface area contributed by atoms with E-state index in [1.165, 1.54) is 6.07 Å². The van der Waals surface area contributed by atoms with Gasteiger partial charge in [-0.15, -0.1) is 0 Å². The van der Waals surface area contributed by atoms with Gasteiger partial charge in [0.25, 0.3) is 5.89 Å². The summed E-state index contributed by atoms with van der Waals surface area (Å²) in [4.78, 5) is 4.29. The number of ether oxygens (including phenoxy) is 1. The summed E-state index contributed by atoms with van der Waals surface area (Å²) in [6.07, 6.45) is 2.05. The zero-order valence-electron chi connectivity index (χ0n) is 11.1. The molecule has 0 bridgehead atoms. The van der Waals surface area contributed by atoms with Crippen LogP contribution in [0.1, 0.15) is 31.7 Å². The lowest BCUT2D eigenvalue weighted by atomic mass is 10.2. The number of aromatic hydroxyl groups is 2. The van der Waals surface area contributed by atoms with Crippen molar-refractivity contribution < 1.29 is 19.5 Å². The molecule has 1 aromatic carbocycles. The fourth-order valence-electron chi connectivity index (χ4n) is 2.16. The molecule has 0 spiro atoms. The van der Waals surface area contributed by atoms with Gasteiger partial charge in [-0.05, 0) is 37.8 Å². The van der Waals surface area contributed by atoms with Gasteiger partial charge in [-0.2, -0.15) is 4.98 Å². The van der Waals surface area contributed by atoms with E-state index in [-0.39, 0.29) is 23.5 Å². The van der Waals surface area contributed by atoms with Crippen molar-refractivity contribution in [2.24, 2.45) is 5.92 Å². The van der Waals surface area contributed by atoms with Gasteiger partial charge in [-0.25, -0.2) is 0 Å². The molecule has 0 amide bonds. The zero-order valence-corrected chi connectivity index (χ0v) is 11.1. The Bertz CT molecular complexity index is 607. The fraction of sp³-hybridized carbons (Fsp3) is 0.429. The van der Waals surface area contributed by atoms with Crippen LogP contribution in [0.25, 0.3) is 11.5 Å². The molecule has 1 unspecified atom stereocenters. The second kappa shape index (κ2) is 5.13. The largest absolute Gasteiger partial charge is 0.504 e. The molecule has 1 heterocycles. The smallest absolute Gasteiger partial charge is 0.261 e. The molecule has 1 aliphatic rings. The third-order valence-electron chi connectivity index (χ3n) is 3.34. The Labute approximate surface area is 116 Å². The lowest BCUT2D eigenvalue weighted by Crippen LogP contribution is -2.08. The number of hydrogen-bond donors (Lipinski definition) is 2. The molecule has 1 saturated carbocycles. The van der Waals surface area contributed by atoms with Crippen LogP contribution >= 0.6 is 0 Å². The molecule has 0 saturated heterocycles. The molecule has 3 rings (SSSR count). The quantitative estimate of drug-likeness (QED) is 0.816. The van der Waals surface area contributed by atoms with Crippen LogP contribution in [0.4, 0.5) is 0 Å². The SMILES string of the molecule is CCOC(c1noc(-c2cccc(O)c2O)n1)C1CC1. The highest BCUT2D eigenvalue weighted by molar-refractivity contribution is 5.66. The zero-order chi connectivity index (χ0) is 14.1. The van der Waals surface area contributed by atoms with Gasteiger partial charge >= 0.3 is 0 Å². The van der Waals surface area contributed by atoms with Gasteiger partial charge in [-0.1, -0.05) is 11.2 Å². The summed E-state index contributed by atoms with van der Waals surface area (Å²) in [6.45, 7) is 2.51. The molecule has 0 radical (unpaired) electrons. The molecular formula is C14H16N2O4. The number of hydrogen-bond acceptors (Lipinski definition) is 6. The number of nitrogens with zero attached hydrogens (tertiary/aromatic N) is 2. The van der Waals surface area contributed by atoms with E-state index >= 15 is 0 Å². The van der Waals surface area contributed by atoms with Crippen LogP contribution in [0.5, 0.6) is 11.5 Å². The molecule has 1 fully saturated rings. The van der Waals surface area contributed by atoms with E-state index in [2.05, 4.69) is 10.1 Å². The summed E-state index contributed by atoms with van der Waals surface area (Å²) in [5, 5.41) is 23.2. The highest BCUT2D eigenvalue weighted by Gasteiger charge is 2.36. The van der Waals surface area contributed by atoms with Crippen LogP contribution in [0.15, 0.2) is 22.7 Å². The van der Waals surface area contributed by atoms with Crippen molar-refractivity contribution in [1.29, 1.82) is 0 Å². The van der Waals surface area contributed by atoms with Crippen molar-refractivity contribution >= 4 is 0 Å². The Balaban J connectivity index is 1.91. The fourth-order valence-corrected chi connectivity index (χ4v) is 2.16. The van der Waals surface area contributed by atoms with E-state index < -0.39 is 0 Å². The first-order valence-corrected chi connectivity index (χ1v) is 6.67. The monoisotopic (exact) mass is 276 g/mol. The first-order chi connectivity index (χ1) is 9.70. The van der Waals surface area contributed by atoms with E-state index in [1.807, 2.05) is 6.92 Å². The molecule has 2 aromatic rings. The Hall–Kier alpha value is -2.08. The molecule has 6 heteroatoms. The van der Waals surface area contributed by atoms with Crippen LogP contribution in [-0.2, 0) is 4.74 Å². The molecule has 1 aromatic heterocycles. The minimum Gasteiger partial charge on any atom is -0.504 e. The summed E-state index contributed by atoms with van der Waals surface area (Å²) in [7, 11) is 0. The van der Waals surface area contributed by atoms with Crippen LogP contribution in [-0.4, -0.2) is 27.0 Å². The maximum atomic E-state index is 9.81. The Morgan fingerprint density at radius 3 is 2.90 bits per heavy atom. The van der Waals surface area contributed by atoms with Crippen molar-refractivity contribution in [2.75, 3.05) is 6.61 Å². The van der Waals surface area contributed by atoms with Crippen molar-refractivity contribution in [1.82, 2.24) is 10.1 Å². The highest BCUT2D eigenvalue weighted by Crippen LogP contribution is 2.43. The second-order valence-corrected chi connectivity index (χ2v) is 4.84. The topological polar surface area (TPSA) is 88.6 Å². The number of phenols is 2. The molecule has 1 atom stereocenters. The minimum atomic E-state index is -0.262. The average Bonchev–Trinajstić information content (AvgIpc) is 3.17. The van der Waals surface area contributed by atoms with Gasteiger partial charge in [0.05, 0.1) is 5.56 Å². The van der Waals surface area contributed by atoms with Crippen LogP contribution < -0.4 is 0 Å². The summed E-state index contributed by atoms with van der Waals surface area (Å²) in [5.41, 5.74) is 0.315. The van der Waals surface area contributed by atoms with Gasteiger partial charge < -0.3 is 19.5 Å². The maximum absolute atomic E-state index is 9.81. The minimum absolute atomic E-state index is 0.156. The first kappa shape index (κ1) is 12.9. The normalized spacial score (nSPS) is 16.2. The maximum Gasteiger partial charge on any atom is 0.261 e. The third-order valence-corrected chi connectivity index (χ3v) is 3.34. The molecule has 106 valence electrons. The van der Waals surface area contributed by atoms with Gasteiger partial charge in [-0.3, -0.25) is 0 Å². The third kappa shape index (κ3) is 2.34.